The molecule has 3 N–H and O–H groups in total. The molecule has 4 aromatic rings. The van der Waals surface area contributed by atoms with Gasteiger partial charge in [-0.15, -0.1) is 0 Å². The summed E-state index contributed by atoms with van der Waals surface area (Å²) in [6.45, 7) is 3.66. The second-order valence-electron chi connectivity index (χ2n) is 8.52. The average Bonchev–Trinajstić information content (AvgIpc) is 2.87. The first-order chi connectivity index (χ1) is 17.9. The maximum absolute atomic E-state index is 13.0. The smallest absolute Gasteiger partial charge is 0.263 e. The largest absolute Gasteiger partial charge is 0.322 e. The van der Waals surface area contributed by atoms with Crippen LogP contribution >= 0.6 is 11.6 Å². The van der Waals surface area contributed by atoms with Gasteiger partial charge in [0, 0.05) is 16.9 Å². The Morgan fingerprint density at radius 2 is 1.34 bits per heavy atom. The number of carbonyl (C=O) groups excluding carboxylic acids is 1. The standard InChI is InChI=1S/C27H24ClN3O5S2/c1-18-7-10-22(11-8-18)30-37(33,34)23-14-12-21(13-15-23)29-27(32)20-9-16-24(28)26(17-20)38(35,36)31-25-6-4-3-5-19(25)2/h3-17,30-31H,1-2H3,(H,29,32). The normalized spacial score (nSPS) is 11.6. The summed E-state index contributed by atoms with van der Waals surface area (Å²) in [7, 11) is -7.91. The average molecular weight is 570 g/mol. The van der Waals surface area contributed by atoms with E-state index < -0.39 is 26.0 Å². The van der Waals surface area contributed by atoms with Crippen molar-refractivity contribution >= 4 is 54.6 Å². The molecule has 0 atom stereocenters. The van der Waals surface area contributed by atoms with E-state index in [0.29, 0.717) is 17.1 Å². The maximum Gasteiger partial charge on any atom is 0.263 e. The van der Waals surface area contributed by atoms with Gasteiger partial charge >= 0.3 is 0 Å². The van der Waals surface area contributed by atoms with Crippen LogP contribution in [0.3, 0.4) is 0 Å². The highest BCUT2D eigenvalue weighted by Gasteiger charge is 2.21. The van der Waals surface area contributed by atoms with Crippen molar-refractivity contribution in [3.05, 3.63) is 113 Å². The second kappa shape index (κ2) is 10.9. The number of hydrogen-bond donors (Lipinski definition) is 3. The highest BCUT2D eigenvalue weighted by atomic mass is 35.5. The lowest BCUT2D eigenvalue weighted by atomic mass is 10.2. The number of anilines is 3. The second-order valence-corrected chi connectivity index (χ2v) is 12.3. The summed E-state index contributed by atoms with van der Waals surface area (Å²) in [6.07, 6.45) is 0. The van der Waals surface area contributed by atoms with Gasteiger partial charge in [0.25, 0.3) is 26.0 Å². The monoisotopic (exact) mass is 569 g/mol. The zero-order valence-corrected chi connectivity index (χ0v) is 22.8. The predicted octanol–water partition coefficient (Wildman–Crippen LogP) is 5.81. The van der Waals surface area contributed by atoms with E-state index in [2.05, 4.69) is 14.8 Å². The molecule has 0 unspecified atom stereocenters. The summed E-state index contributed by atoms with van der Waals surface area (Å²) in [4.78, 5) is 12.6. The molecular weight excluding hydrogens is 546 g/mol. The number of halogens is 1. The van der Waals surface area contributed by atoms with Crippen LogP contribution in [0.4, 0.5) is 17.1 Å². The quantitative estimate of drug-likeness (QED) is 0.247. The summed E-state index contributed by atoms with van der Waals surface area (Å²) in [5, 5.41) is 2.59. The number of aryl methyl sites for hydroxylation is 2. The summed E-state index contributed by atoms with van der Waals surface area (Å²) in [6, 6.07) is 23.3. The first-order valence-electron chi connectivity index (χ1n) is 11.3. The summed E-state index contributed by atoms with van der Waals surface area (Å²) >= 11 is 6.16. The molecule has 0 spiro atoms. The number of carbonyl (C=O) groups is 1. The summed E-state index contributed by atoms with van der Waals surface area (Å²) in [5.41, 5.74) is 2.92. The zero-order chi connectivity index (χ0) is 27.5. The van der Waals surface area contributed by atoms with Crippen molar-refractivity contribution in [3.8, 4) is 0 Å². The molecule has 0 bridgehead atoms. The SMILES string of the molecule is Cc1ccc(NS(=O)(=O)c2ccc(NC(=O)c3ccc(Cl)c(S(=O)(=O)Nc4ccccc4C)c3)cc2)cc1. The van der Waals surface area contributed by atoms with E-state index in [0.717, 1.165) is 11.1 Å². The molecule has 11 heteroatoms. The molecule has 38 heavy (non-hydrogen) atoms. The van der Waals surface area contributed by atoms with Crippen molar-refractivity contribution in [3.63, 3.8) is 0 Å². The molecule has 0 aromatic heterocycles. The molecule has 0 aliphatic heterocycles. The van der Waals surface area contributed by atoms with Crippen LogP contribution < -0.4 is 14.8 Å². The van der Waals surface area contributed by atoms with Gasteiger partial charge in [-0.3, -0.25) is 14.2 Å². The Hall–Kier alpha value is -3.86. The van der Waals surface area contributed by atoms with Gasteiger partial charge in [0.05, 0.1) is 15.6 Å². The molecule has 8 nitrogen and oxygen atoms in total. The fourth-order valence-electron chi connectivity index (χ4n) is 3.49. The Bertz CT molecular complexity index is 1700. The van der Waals surface area contributed by atoms with E-state index in [9.17, 15) is 21.6 Å². The van der Waals surface area contributed by atoms with Crippen LogP contribution in [0.25, 0.3) is 0 Å². The molecule has 0 saturated carbocycles. The van der Waals surface area contributed by atoms with Crippen LogP contribution in [-0.4, -0.2) is 22.7 Å². The molecule has 0 heterocycles. The van der Waals surface area contributed by atoms with Crippen LogP contribution in [0, 0.1) is 13.8 Å². The first kappa shape index (κ1) is 27.2. The van der Waals surface area contributed by atoms with Gasteiger partial charge in [-0.2, -0.15) is 0 Å². The third-order valence-corrected chi connectivity index (χ3v) is 8.84. The lowest BCUT2D eigenvalue weighted by molar-refractivity contribution is 0.102. The van der Waals surface area contributed by atoms with Crippen LogP contribution in [0.5, 0.6) is 0 Å². The van der Waals surface area contributed by atoms with Crippen molar-refractivity contribution < 1.29 is 21.6 Å². The van der Waals surface area contributed by atoms with Gasteiger partial charge in [0.1, 0.15) is 4.90 Å². The van der Waals surface area contributed by atoms with Crippen molar-refractivity contribution in [1.29, 1.82) is 0 Å². The Morgan fingerprint density at radius 1 is 0.711 bits per heavy atom. The number of benzene rings is 4. The number of sulfonamides is 2. The predicted molar refractivity (Wildman–Crippen MR) is 150 cm³/mol. The Balaban J connectivity index is 1.50. The Morgan fingerprint density at radius 3 is 2.00 bits per heavy atom. The van der Waals surface area contributed by atoms with Crippen molar-refractivity contribution in [2.75, 3.05) is 14.8 Å². The summed E-state index contributed by atoms with van der Waals surface area (Å²) < 4.78 is 56.4. The van der Waals surface area contributed by atoms with E-state index in [-0.39, 0.29) is 20.4 Å². The minimum absolute atomic E-state index is 0.0122. The highest BCUT2D eigenvalue weighted by Crippen LogP contribution is 2.27. The van der Waals surface area contributed by atoms with E-state index in [1.807, 2.05) is 6.92 Å². The first-order valence-corrected chi connectivity index (χ1v) is 14.7. The van der Waals surface area contributed by atoms with E-state index in [1.165, 1.54) is 42.5 Å². The van der Waals surface area contributed by atoms with Crippen LogP contribution in [0.1, 0.15) is 21.5 Å². The van der Waals surface area contributed by atoms with E-state index in [4.69, 9.17) is 11.6 Å². The number of rotatable bonds is 8. The van der Waals surface area contributed by atoms with E-state index in [1.54, 1.807) is 55.5 Å². The number of nitrogens with one attached hydrogen (secondary N) is 3. The molecule has 0 radical (unpaired) electrons. The van der Waals surface area contributed by atoms with Crippen LogP contribution in [0.15, 0.2) is 101 Å². The molecule has 4 rings (SSSR count). The minimum atomic E-state index is -4.08. The Kier molecular flexibility index (Phi) is 7.77. The van der Waals surface area contributed by atoms with Crippen molar-refractivity contribution in [2.45, 2.75) is 23.6 Å². The molecule has 1 amide bonds. The Labute approximate surface area is 226 Å². The van der Waals surface area contributed by atoms with Gasteiger partial charge in [0.2, 0.25) is 0 Å². The van der Waals surface area contributed by atoms with Gasteiger partial charge < -0.3 is 5.32 Å². The molecular formula is C27H24ClN3O5S2. The number of amides is 1. The molecule has 196 valence electrons. The molecule has 0 saturated heterocycles. The molecule has 0 fully saturated rings. The molecule has 4 aromatic carbocycles. The molecule has 0 aliphatic rings. The number of hydrogen-bond acceptors (Lipinski definition) is 5. The van der Waals surface area contributed by atoms with Crippen molar-refractivity contribution in [2.24, 2.45) is 0 Å². The lowest BCUT2D eigenvalue weighted by Gasteiger charge is -2.13. The maximum atomic E-state index is 13.0. The fourth-order valence-corrected chi connectivity index (χ4v) is 6.21. The van der Waals surface area contributed by atoms with E-state index >= 15 is 0 Å². The third-order valence-electron chi connectivity index (χ3n) is 5.60. The fraction of sp³-hybridized carbons (Fsp3) is 0.0741. The van der Waals surface area contributed by atoms with Gasteiger partial charge in [-0.1, -0.05) is 47.5 Å². The highest BCUT2D eigenvalue weighted by molar-refractivity contribution is 7.93. The third kappa shape index (κ3) is 6.34. The topological polar surface area (TPSA) is 121 Å². The van der Waals surface area contributed by atoms with Crippen LogP contribution in [-0.2, 0) is 20.0 Å². The van der Waals surface area contributed by atoms with Crippen LogP contribution in [0.2, 0.25) is 5.02 Å². The number of para-hydroxylation sites is 1. The summed E-state index contributed by atoms with van der Waals surface area (Å²) in [5.74, 6) is -0.595. The van der Waals surface area contributed by atoms with Gasteiger partial charge in [-0.05, 0) is 80.1 Å². The molecule has 0 aliphatic carbocycles. The lowest BCUT2D eigenvalue weighted by Crippen LogP contribution is -2.17. The minimum Gasteiger partial charge on any atom is -0.322 e. The van der Waals surface area contributed by atoms with Crippen molar-refractivity contribution in [1.82, 2.24) is 0 Å². The zero-order valence-electron chi connectivity index (χ0n) is 20.4. The van der Waals surface area contributed by atoms with Gasteiger partial charge in [0.15, 0.2) is 0 Å². The van der Waals surface area contributed by atoms with Gasteiger partial charge in [-0.25, -0.2) is 16.8 Å².